The molecule has 0 aliphatic heterocycles. The highest BCUT2D eigenvalue weighted by Gasteiger charge is 2.06. The number of benzene rings is 2. The molecule has 1 heterocycles. The van der Waals surface area contributed by atoms with Gasteiger partial charge in [0.25, 0.3) is 0 Å². The second kappa shape index (κ2) is 9.77. The molecule has 1 N–H and O–H groups in total. The van der Waals surface area contributed by atoms with Gasteiger partial charge in [0.15, 0.2) is 0 Å². The van der Waals surface area contributed by atoms with E-state index in [0.29, 0.717) is 10.6 Å². The molecule has 3 aromatic rings. The Balaban J connectivity index is 0.000000185. The standard InChI is InChI=1S/C11H13ClN2.C8H6N2S/c1-3-6-14-10-5-4-9(7-13)11(12)8(10)2;1-2-4-7(5-3-1)8-10-9-6-11-8/h4-5,14H,3,6H2,1-2H3;1-6H. The maximum Gasteiger partial charge on any atom is 0.147 e. The average molecular weight is 371 g/mol. The largest absolute Gasteiger partial charge is 0.385 e. The summed E-state index contributed by atoms with van der Waals surface area (Å²) in [4.78, 5) is 0. The summed E-state index contributed by atoms with van der Waals surface area (Å²) < 4.78 is 0. The minimum Gasteiger partial charge on any atom is -0.385 e. The first kappa shape index (κ1) is 18.9. The maximum absolute atomic E-state index is 8.75. The summed E-state index contributed by atoms with van der Waals surface area (Å²) in [6.45, 7) is 4.94. The lowest BCUT2D eigenvalue weighted by molar-refractivity contribution is 0.977. The van der Waals surface area contributed by atoms with Crippen molar-refractivity contribution in [3.05, 3.63) is 64.1 Å². The number of anilines is 1. The molecule has 4 nitrogen and oxygen atoms in total. The lowest BCUT2D eigenvalue weighted by Gasteiger charge is -2.10. The van der Waals surface area contributed by atoms with Crippen LogP contribution in [0.15, 0.2) is 48.0 Å². The van der Waals surface area contributed by atoms with Crippen molar-refractivity contribution in [1.29, 1.82) is 5.26 Å². The van der Waals surface area contributed by atoms with Gasteiger partial charge in [0.2, 0.25) is 0 Å². The first-order valence-electron chi connectivity index (χ1n) is 7.92. The Morgan fingerprint density at radius 3 is 2.56 bits per heavy atom. The van der Waals surface area contributed by atoms with Crippen LogP contribution in [0.1, 0.15) is 24.5 Å². The van der Waals surface area contributed by atoms with Crippen molar-refractivity contribution in [2.75, 3.05) is 11.9 Å². The zero-order valence-electron chi connectivity index (χ0n) is 14.2. The monoisotopic (exact) mass is 370 g/mol. The molecule has 6 heteroatoms. The van der Waals surface area contributed by atoms with E-state index in [9.17, 15) is 0 Å². The Morgan fingerprint density at radius 2 is 1.96 bits per heavy atom. The summed E-state index contributed by atoms with van der Waals surface area (Å²) >= 11 is 7.57. The third-order valence-corrected chi connectivity index (χ3v) is 4.68. The Hall–Kier alpha value is -2.42. The van der Waals surface area contributed by atoms with Crippen LogP contribution in [0.5, 0.6) is 0 Å². The molecular formula is C19H19ClN4S. The number of halogens is 1. The molecule has 0 aliphatic rings. The quantitative estimate of drug-likeness (QED) is 0.654. The van der Waals surface area contributed by atoms with Crippen molar-refractivity contribution in [2.24, 2.45) is 0 Å². The Labute approximate surface area is 157 Å². The number of nitrogens with one attached hydrogen (secondary N) is 1. The first-order chi connectivity index (χ1) is 12.2. The van der Waals surface area contributed by atoms with E-state index in [1.807, 2.05) is 43.3 Å². The molecule has 0 fully saturated rings. The number of hydrogen-bond acceptors (Lipinski definition) is 5. The van der Waals surface area contributed by atoms with Gasteiger partial charge in [0, 0.05) is 17.8 Å². The second-order valence-corrected chi connectivity index (χ2v) is 6.46. The fourth-order valence-electron chi connectivity index (χ4n) is 2.10. The van der Waals surface area contributed by atoms with Gasteiger partial charge in [0.05, 0.1) is 10.6 Å². The summed E-state index contributed by atoms with van der Waals surface area (Å²) in [6, 6.07) is 15.7. The molecular weight excluding hydrogens is 352 g/mol. The summed E-state index contributed by atoms with van der Waals surface area (Å²) in [5.74, 6) is 0. The zero-order valence-corrected chi connectivity index (χ0v) is 15.7. The average Bonchev–Trinajstić information content (AvgIpc) is 3.19. The SMILES string of the molecule is CCCNc1ccc(C#N)c(Cl)c1C.c1ccc(-c2nncs2)cc1. The lowest BCUT2D eigenvalue weighted by atomic mass is 10.1. The number of aromatic nitrogens is 2. The summed E-state index contributed by atoms with van der Waals surface area (Å²) in [5, 5.41) is 21.3. The van der Waals surface area contributed by atoms with Crippen LogP contribution in [0.25, 0.3) is 10.6 Å². The van der Waals surface area contributed by atoms with Gasteiger partial charge in [0.1, 0.15) is 16.6 Å². The van der Waals surface area contributed by atoms with Gasteiger partial charge in [-0.05, 0) is 31.0 Å². The van der Waals surface area contributed by atoms with Crippen LogP contribution in [-0.4, -0.2) is 16.7 Å². The van der Waals surface area contributed by atoms with Gasteiger partial charge in [-0.2, -0.15) is 5.26 Å². The molecule has 0 radical (unpaired) electrons. The molecule has 3 rings (SSSR count). The Morgan fingerprint density at radius 1 is 1.20 bits per heavy atom. The fraction of sp³-hybridized carbons (Fsp3) is 0.211. The maximum atomic E-state index is 8.75. The fourth-order valence-corrected chi connectivity index (χ4v) is 2.87. The third kappa shape index (κ3) is 5.28. The van der Waals surface area contributed by atoms with Gasteiger partial charge in [-0.3, -0.25) is 0 Å². The van der Waals surface area contributed by atoms with Crippen molar-refractivity contribution >= 4 is 28.6 Å². The van der Waals surface area contributed by atoms with E-state index in [0.717, 1.165) is 34.8 Å². The predicted molar refractivity (Wildman–Crippen MR) is 105 cm³/mol. The van der Waals surface area contributed by atoms with Crippen molar-refractivity contribution in [1.82, 2.24) is 10.2 Å². The van der Waals surface area contributed by atoms with Crippen molar-refractivity contribution in [3.63, 3.8) is 0 Å². The van der Waals surface area contributed by atoms with Crippen LogP contribution < -0.4 is 5.32 Å². The number of hydrogen-bond donors (Lipinski definition) is 1. The van der Waals surface area contributed by atoms with E-state index in [1.54, 1.807) is 22.9 Å². The molecule has 0 saturated heterocycles. The van der Waals surface area contributed by atoms with Crippen LogP contribution in [0.3, 0.4) is 0 Å². The molecule has 0 aliphatic carbocycles. The van der Waals surface area contributed by atoms with E-state index in [-0.39, 0.29) is 0 Å². The third-order valence-electron chi connectivity index (χ3n) is 3.45. The zero-order chi connectivity index (χ0) is 18.1. The molecule has 0 saturated carbocycles. The normalized spacial score (nSPS) is 9.68. The Kier molecular flexibility index (Phi) is 7.39. The number of nitriles is 1. The lowest BCUT2D eigenvalue weighted by Crippen LogP contribution is -2.02. The van der Waals surface area contributed by atoms with E-state index >= 15 is 0 Å². The summed E-state index contributed by atoms with van der Waals surface area (Å²) in [5.41, 5.74) is 5.36. The topological polar surface area (TPSA) is 61.6 Å². The van der Waals surface area contributed by atoms with Crippen molar-refractivity contribution < 1.29 is 0 Å². The Bertz CT molecular complexity index is 827. The molecule has 0 amide bonds. The molecule has 0 atom stereocenters. The summed E-state index contributed by atoms with van der Waals surface area (Å²) in [6.07, 6.45) is 1.07. The van der Waals surface area contributed by atoms with Crippen molar-refractivity contribution in [2.45, 2.75) is 20.3 Å². The second-order valence-electron chi connectivity index (χ2n) is 5.25. The van der Waals surface area contributed by atoms with Crippen LogP contribution >= 0.6 is 22.9 Å². The highest BCUT2D eigenvalue weighted by Crippen LogP contribution is 2.26. The highest BCUT2D eigenvalue weighted by molar-refractivity contribution is 7.12. The minimum atomic E-state index is 0.534. The van der Waals surface area contributed by atoms with Crippen LogP contribution in [0.4, 0.5) is 5.69 Å². The van der Waals surface area contributed by atoms with Gasteiger partial charge in [-0.1, -0.05) is 60.2 Å². The van der Waals surface area contributed by atoms with Crippen LogP contribution in [0, 0.1) is 18.3 Å². The highest BCUT2D eigenvalue weighted by atomic mass is 35.5. The van der Waals surface area contributed by atoms with E-state index in [4.69, 9.17) is 16.9 Å². The van der Waals surface area contributed by atoms with E-state index < -0.39 is 0 Å². The van der Waals surface area contributed by atoms with Gasteiger partial charge in [-0.15, -0.1) is 10.2 Å². The minimum absolute atomic E-state index is 0.534. The number of nitrogens with zero attached hydrogens (tertiary/aromatic N) is 3. The smallest absolute Gasteiger partial charge is 0.147 e. The number of rotatable bonds is 4. The molecule has 0 unspecified atom stereocenters. The molecule has 1 aromatic heterocycles. The first-order valence-corrected chi connectivity index (χ1v) is 9.17. The molecule has 25 heavy (non-hydrogen) atoms. The van der Waals surface area contributed by atoms with Gasteiger partial charge < -0.3 is 5.32 Å². The molecule has 0 spiro atoms. The van der Waals surface area contributed by atoms with E-state index in [2.05, 4.69) is 28.5 Å². The van der Waals surface area contributed by atoms with Crippen LogP contribution in [-0.2, 0) is 0 Å². The van der Waals surface area contributed by atoms with Gasteiger partial charge >= 0.3 is 0 Å². The van der Waals surface area contributed by atoms with Crippen molar-refractivity contribution in [3.8, 4) is 16.6 Å². The van der Waals surface area contributed by atoms with Gasteiger partial charge in [-0.25, -0.2) is 0 Å². The summed E-state index contributed by atoms with van der Waals surface area (Å²) in [7, 11) is 0. The van der Waals surface area contributed by atoms with Crippen LogP contribution in [0.2, 0.25) is 5.02 Å². The molecule has 0 bridgehead atoms. The molecule has 2 aromatic carbocycles. The molecule has 128 valence electrons. The predicted octanol–water partition coefficient (Wildman–Crippen LogP) is 5.55. The van der Waals surface area contributed by atoms with E-state index in [1.165, 1.54) is 0 Å².